The Morgan fingerprint density at radius 3 is 2.67 bits per heavy atom. The number of fused-ring (bicyclic) bond motifs is 1. The fourth-order valence-corrected chi connectivity index (χ4v) is 3.26. The molecule has 1 radical (unpaired) electrons. The lowest BCUT2D eigenvalue weighted by atomic mass is 9.70. The Balaban J connectivity index is 1.93. The largest absolute Gasteiger partial charge is 0.350 e. The van der Waals surface area contributed by atoms with Gasteiger partial charge in [-0.1, -0.05) is 48.6 Å². The van der Waals surface area contributed by atoms with E-state index in [9.17, 15) is 4.79 Å². The van der Waals surface area contributed by atoms with Crippen LogP contribution in [0, 0.1) is 6.20 Å². The summed E-state index contributed by atoms with van der Waals surface area (Å²) in [5.74, 6) is 0. The van der Waals surface area contributed by atoms with Crippen LogP contribution in [0.5, 0.6) is 0 Å². The maximum Gasteiger partial charge on any atom is 0.339 e. The van der Waals surface area contributed by atoms with Crippen LogP contribution in [0.1, 0.15) is 22.5 Å². The second-order valence-electron chi connectivity index (χ2n) is 5.78. The summed E-state index contributed by atoms with van der Waals surface area (Å²) in [5.41, 5.74) is 8.52. The molecule has 1 aliphatic rings. The van der Waals surface area contributed by atoms with E-state index in [1.165, 1.54) is 4.68 Å². The van der Waals surface area contributed by atoms with Crippen LogP contribution in [-0.2, 0) is 11.8 Å². The van der Waals surface area contributed by atoms with E-state index in [1.54, 1.807) is 6.20 Å². The first-order chi connectivity index (χ1) is 11.7. The van der Waals surface area contributed by atoms with E-state index in [1.807, 2.05) is 42.5 Å². The molecule has 4 rings (SSSR count). The Bertz CT molecular complexity index is 874. The molecule has 0 aliphatic heterocycles. The predicted molar refractivity (Wildman–Crippen MR) is 90.2 cm³/mol. The molecule has 2 heterocycles. The van der Waals surface area contributed by atoms with Gasteiger partial charge in [0.25, 0.3) is 0 Å². The number of amides is 1. The van der Waals surface area contributed by atoms with Crippen molar-refractivity contribution < 1.29 is 4.79 Å². The number of rotatable bonds is 2. The number of hydrogen-bond donors (Lipinski definition) is 1. The van der Waals surface area contributed by atoms with Crippen molar-refractivity contribution in [3.63, 3.8) is 0 Å². The van der Waals surface area contributed by atoms with Crippen molar-refractivity contribution in [2.75, 3.05) is 0 Å². The SMILES string of the molecule is NC(=O)n1n[c]c2c1CC(c1ccccc1)(c1ccccn1)C=C2. The van der Waals surface area contributed by atoms with Crippen LogP contribution in [0.15, 0.2) is 60.8 Å². The fraction of sp³-hybridized carbons (Fsp3) is 0.105. The van der Waals surface area contributed by atoms with Crippen LogP contribution in [-0.4, -0.2) is 20.8 Å². The highest BCUT2D eigenvalue weighted by molar-refractivity contribution is 5.76. The minimum Gasteiger partial charge on any atom is -0.350 e. The lowest BCUT2D eigenvalue weighted by Gasteiger charge is -2.33. The first kappa shape index (κ1) is 14.4. The van der Waals surface area contributed by atoms with Gasteiger partial charge < -0.3 is 5.73 Å². The molecule has 0 saturated carbocycles. The highest BCUT2D eigenvalue weighted by Crippen LogP contribution is 2.40. The summed E-state index contributed by atoms with van der Waals surface area (Å²) >= 11 is 0. The second kappa shape index (κ2) is 5.45. The van der Waals surface area contributed by atoms with Gasteiger partial charge in [0, 0.05) is 18.2 Å². The van der Waals surface area contributed by atoms with E-state index in [0.29, 0.717) is 6.42 Å². The average Bonchev–Trinajstić information content (AvgIpc) is 3.06. The van der Waals surface area contributed by atoms with Gasteiger partial charge in [-0.3, -0.25) is 4.98 Å². The number of hydrogen-bond acceptors (Lipinski definition) is 3. The number of allylic oxidation sites excluding steroid dienone is 1. The Labute approximate surface area is 139 Å². The van der Waals surface area contributed by atoms with Gasteiger partial charge in [0.15, 0.2) is 0 Å². The molecule has 2 N–H and O–H groups in total. The van der Waals surface area contributed by atoms with Crippen molar-refractivity contribution in [1.82, 2.24) is 14.8 Å². The van der Waals surface area contributed by atoms with Crippen LogP contribution in [0.3, 0.4) is 0 Å². The van der Waals surface area contributed by atoms with Gasteiger partial charge >= 0.3 is 6.03 Å². The minimum absolute atomic E-state index is 0.476. The normalized spacial score (nSPS) is 19.0. The smallest absolute Gasteiger partial charge is 0.339 e. The Hall–Kier alpha value is -3.21. The molecule has 0 bridgehead atoms. The molecule has 0 fully saturated rings. The summed E-state index contributed by atoms with van der Waals surface area (Å²) in [4.78, 5) is 16.3. The maximum absolute atomic E-state index is 11.7. The lowest BCUT2D eigenvalue weighted by molar-refractivity contribution is 0.246. The number of carbonyl (C=O) groups is 1. The number of primary amides is 1. The fourth-order valence-electron chi connectivity index (χ4n) is 3.26. The lowest BCUT2D eigenvalue weighted by Crippen LogP contribution is -2.34. The monoisotopic (exact) mass is 315 g/mol. The van der Waals surface area contributed by atoms with Gasteiger partial charge in [0.2, 0.25) is 0 Å². The summed E-state index contributed by atoms with van der Waals surface area (Å²) in [7, 11) is 0. The molecular weight excluding hydrogens is 300 g/mol. The molecule has 0 saturated heterocycles. The van der Waals surface area contributed by atoms with Gasteiger partial charge in [0.1, 0.15) is 6.20 Å². The third kappa shape index (κ3) is 2.13. The Morgan fingerprint density at radius 2 is 1.96 bits per heavy atom. The van der Waals surface area contributed by atoms with Crippen molar-refractivity contribution in [2.45, 2.75) is 11.8 Å². The molecule has 1 aliphatic carbocycles. The molecular formula is C19H15N4O. The third-order valence-corrected chi connectivity index (χ3v) is 4.44. The quantitative estimate of drug-likeness (QED) is 0.790. The number of benzene rings is 1. The van der Waals surface area contributed by atoms with E-state index < -0.39 is 11.4 Å². The molecule has 1 unspecified atom stereocenters. The van der Waals surface area contributed by atoms with Crippen molar-refractivity contribution in [3.8, 4) is 0 Å². The molecule has 1 amide bonds. The first-order valence-electron chi connectivity index (χ1n) is 7.66. The molecule has 3 aromatic rings. The number of pyridine rings is 1. The van der Waals surface area contributed by atoms with Gasteiger partial charge in [0.05, 0.1) is 16.8 Å². The number of nitrogens with two attached hydrogens (primary N) is 1. The highest BCUT2D eigenvalue weighted by Gasteiger charge is 2.38. The molecule has 5 nitrogen and oxygen atoms in total. The zero-order valence-corrected chi connectivity index (χ0v) is 12.9. The summed E-state index contributed by atoms with van der Waals surface area (Å²) < 4.78 is 1.22. The second-order valence-corrected chi connectivity index (χ2v) is 5.78. The molecule has 5 heteroatoms. The van der Waals surface area contributed by atoms with Crippen LogP contribution >= 0.6 is 0 Å². The van der Waals surface area contributed by atoms with Crippen LogP contribution in [0.2, 0.25) is 0 Å². The summed E-state index contributed by atoms with van der Waals surface area (Å²) in [6.45, 7) is 0. The van der Waals surface area contributed by atoms with Gasteiger partial charge in [-0.2, -0.15) is 9.78 Å². The van der Waals surface area contributed by atoms with Crippen molar-refractivity contribution in [3.05, 3.63) is 89.5 Å². The van der Waals surface area contributed by atoms with E-state index >= 15 is 0 Å². The van der Waals surface area contributed by atoms with Gasteiger partial charge in [-0.05, 0) is 17.7 Å². The first-order valence-corrected chi connectivity index (χ1v) is 7.66. The van der Waals surface area contributed by atoms with Crippen molar-refractivity contribution >= 4 is 12.1 Å². The summed E-state index contributed by atoms with van der Waals surface area (Å²) in [6.07, 6.45) is 9.22. The maximum atomic E-state index is 11.7. The van der Waals surface area contributed by atoms with Gasteiger partial charge in [-0.25, -0.2) is 4.79 Å². The Morgan fingerprint density at radius 1 is 1.17 bits per heavy atom. The highest BCUT2D eigenvalue weighted by atomic mass is 16.2. The Kier molecular flexibility index (Phi) is 3.27. The zero-order valence-electron chi connectivity index (χ0n) is 12.9. The number of aromatic nitrogens is 3. The number of nitrogens with zero attached hydrogens (tertiary/aromatic N) is 3. The molecule has 117 valence electrons. The summed E-state index contributed by atoms with van der Waals surface area (Å²) in [6, 6.07) is 15.4. The van der Waals surface area contributed by atoms with E-state index in [-0.39, 0.29) is 0 Å². The standard InChI is InChI=1S/C19H15N4O/c20-18(24)23-16-12-19(10-9-14(16)13-22-23,15-6-2-1-3-7-15)17-8-4-5-11-21-17/h1-11H,12H2,(H2,20,24). The van der Waals surface area contributed by atoms with Crippen molar-refractivity contribution in [1.29, 1.82) is 0 Å². The van der Waals surface area contributed by atoms with Crippen LogP contribution in [0.25, 0.3) is 6.08 Å². The predicted octanol–water partition coefficient (Wildman–Crippen LogP) is 2.56. The molecule has 24 heavy (non-hydrogen) atoms. The summed E-state index contributed by atoms with van der Waals surface area (Å²) in [5, 5.41) is 4.00. The third-order valence-electron chi connectivity index (χ3n) is 4.44. The number of carbonyl (C=O) groups excluding carboxylic acids is 1. The van der Waals surface area contributed by atoms with E-state index in [0.717, 1.165) is 22.5 Å². The molecule has 1 aromatic carbocycles. The van der Waals surface area contributed by atoms with Crippen molar-refractivity contribution in [2.24, 2.45) is 5.73 Å². The average molecular weight is 315 g/mol. The molecule has 1 atom stereocenters. The van der Waals surface area contributed by atoms with Gasteiger partial charge in [-0.15, -0.1) is 0 Å². The zero-order chi connectivity index (χ0) is 16.6. The molecule has 0 spiro atoms. The minimum atomic E-state index is -0.606. The topological polar surface area (TPSA) is 73.8 Å². The van der Waals surface area contributed by atoms with E-state index in [4.69, 9.17) is 5.73 Å². The van der Waals surface area contributed by atoms with E-state index in [2.05, 4.69) is 34.5 Å². The molecule has 2 aromatic heterocycles. The van der Waals surface area contributed by atoms with Crippen LogP contribution < -0.4 is 5.73 Å². The van der Waals surface area contributed by atoms with Crippen LogP contribution in [0.4, 0.5) is 4.79 Å².